The van der Waals surface area contributed by atoms with Crippen molar-refractivity contribution < 1.29 is 0 Å². The van der Waals surface area contributed by atoms with Gasteiger partial charge in [-0.3, -0.25) is 4.68 Å². The summed E-state index contributed by atoms with van der Waals surface area (Å²) >= 11 is 1.58. The monoisotopic (exact) mass is 302 g/mol. The van der Waals surface area contributed by atoms with Crippen molar-refractivity contribution in [2.24, 2.45) is 5.92 Å². The van der Waals surface area contributed by atoms with E-state index in [4.69, 9.17) is 0 Å². The van der Waals surface area contributed by atoms with E-state index < -0.39 is 0 Å². The number of rotatable bonds is 5. The first-order valence-corrected chi connectivity index (χ1v) is 8.85. The predicted octanol–water partition coefficient (Wildman–Crippen LogP) is 3.99. The minimum Gasteiger partial charge on any atom is -0.266 e. The Morgan fingerprint density at radius 1 is 1.38 bits per heavy atom. The first-order chi connectivity index (χ1) is 10.2. The second-order valence-corrected chi connectivity index (χ2v) is 6.75. The van der Waals surface area contributed by atoms with Crippen LogP contribution >= 0.6 is 11.8 Å². The molecule has 3 rings (SSSR count). The quantitative estimate of drug-likeness (QED) is 0.619. The molecule has 0 radical (unpaired) electrons. The Kier molecular flexibility index (Phi) is 4.29. The van der Waals surface area contributed by atoms with Crippen LogP contribution in [0.5, 0.6) is 0 Å². The van der Waals surface area contributed by atoms with Gasteiger partial charge in [-0.05, 0) is 38.5 Å². The summed E-state index contributed by atoms with van der Waals surface area (Å²) in [4.78, 5) is 8.91. The molecule has 4 nitrogen and oxygen atoms in total. The lowest BCUT2D eigenvalue weighted by Gasteiger charge is -2.26. The molecule has 5 heteroatoms. The lowest BCUT2D eigenvalue weighted by molar-refractivity contribution is 0.305. The molecule has 0 bridgehead atoms. The molecule has 0 aromatic carbocycles. The Labute approximate surface area is 130 Å². The van der Waals surface area contributed by atoms with Gasteiger partial charge in [-0.2, -0.15) is 5.10 Å². The van der Waals surface area contributed by atoms with Crippen molar-refractivity contribution >= 4 is 11.8 Å². The maximum atomic E-state index is 4.64. The molecule has 0 saturated heterocycles. The van der Waals surface area contributed by atoms with E-state index in [1.807, 2.05) is 24.7 Å². The fourth-order valence-corrected chi connectivity index (χ4v) is 3.17. The molecule has 0 aliphatic heterocycles. The highest BCUT2D eigenvalue weighted by atomic mass is 32.2. The first kappa shape index (κ1) is 14.6. The standard InChI is InChI=1S/C16H22N4S/c1-11(2)20-15(9-12-5-4-6-12)13(10-18-20)14-7-8-17-16(19-14)21-3/h7-8,10-12H,4-6,9H2,1-3H3. The van der Waals surface area contributed by atoms with E-state index in [2.05, 4.69) is 33.6 Å². The maximum Gasteiger partial charge on any atom is 0.187 e. The van der Waals surface area contributed by atoms with Crippen LogP contribution in [0.25, 0.3) is 11.3 Å². The molecule has 1 saturated carbocycles. The number of nitrogens with zero attached hydrogens (tertiary/aromatic N) is 4. The fraction of sp³-hybridized carbons (Fsp3) is 0.562. The summed E-state index contributed by atoms with van der Waals surface area (Å²) in [6, 6.07) is 2.38. The van der Waals surface area contributed by atoms with Gasteiger partial charge in [0.25, 0.3) is 0 Å². The van der Waals surface area contributed by atoms with Gasteiger partial charge in [0.15, 0.2) is 5.16 Å². The van der Waals surface area contributed by atoms with E-state index in [0.29, 0.717) is 6.04 Å². The molecule has 0 amide bonds. The largest absolute Gasteiger partial charge is 0.266 e. The molecular weight excluding hydrogens is 280 g/mol. The van der Waals surface area contributed by atoms with Crippen molar-refractivity contribution in [3.8, 4) is 11.3 Å². The fourth-order valence-electron chi connectivity index (χ4n) is 2.81. The third-order valence-corrected chi connectivity index (χ3v) is 4.75. The topological polar surface area (TPSA) is 43.6 Å². The summed E-state index contributed by atoms with van der Waals surface area (Å²) in [6.45, 7) is 4.38. The molecule has 2 heterocycles. The molecule has 1 aliphatic rings. The van der Waals surface area contributed by atoms with Crippen LogP contribution in [-0.4, -0.2) is 26.0 Å². The van der Waals surface area contributed by atoms with Gasteiger partial charge in [-0.25, -0.2) is 9.97 Å². The maximum absolute atomic E-state index is 4.64. The molecule has 0 N–H and O–H groups in total. The molecule has 0 atom stereocenters. The van der Waals surface area contributed by atoms with Gasteiger partial charge in [0.05, 0.1) is 11.9 Å². The zero-order valence-electron chi connectivity index (χ0n) is 12.9. The van der Waals surface area contributed by atoms with E-state index in [1.165, 1.54) is 30.5 Å². The van der Waals surface area contributed by atoms with Crippen LogP contribution in [0.15, 0.2) is 23.6 Å². The van der Waals surface area contributed by atoms with E-state index in [-0.39, 0.29) is 0 Å². The highest BCUT2D eigenvalue weighted by Crippen LogP contribution is 2.34. The van der Waals surface area contributed by atoms with E-state index >= 15 is 0 Å². The SMILES string of the molecule is CSc1nccc(-c2cnn(C(C)C)c2CC2CCC2)n1. The van der Waals surface area contributed by atoms with Crippen molar-refractivity contribution in [2.75, 3.05) is 6.26 Å². The molecule has 112 valence electrons. The molecule has 1 aliphatic carbocycles. The third-order valence-electron chi connectivity index (χ3n) is 4.19. The van der Waals surface area contributed by atoms with Gasteiger partial charge in [-0.15, -0.1) is 0 Å². The van der Waals surface area contributed by atoms with Gasteiger partial charge < -0.3 is 0 Å². The summed E-state index contributed by atoms with van der Waals surface area (Å²) < 4.78 is 2.16. The Morgan fingerprint density at radius 3 is 2.81 bits per heavy atom. The van der Waals surface area contributed by atoms with E-state index in [0.717, 1.165) is 23.2 Å². The van der Waals surface area contributed by atoms with Gasteiger partial charge in [0.1, 0.15) is 0 Å². The number of aromatic nitrogens is 4. The Hall–Kier alpha value is -1.36. The molecule has 0 spiro atoms. The summed E-state index contributed by atoms with van der Waals surface area (Å²) in [5.41, 5.74) is 3.50. The van der Waals surface area contributed by atoms with Crippen LogP contribution in [-0.2, 0) is 6.42 Å². The summed E-state index contributed by atoms with van der Waals surface area (Å²) in [5.74, 6) is 0.819. The summed E-state index contributed by atoms with van der Waals surface area (Å²) in [7, 11) is 0. The molecule has 1 fully saturated rings. The molecule has 2 aromatic heterocycles. The van der Waals surface area contributed by atoms with Crippen LogP contribution in [0.1, 0.15) is 44.8 Å². The lowest BCUT2D eigenvalue weighted by Crippen LogP contribution is -2.18. The Balaban J connectivity index is 1.99. The van der Waals surface area contributed by atoms with Gasteiger partial charge >= 0.3 is 0 Å². The van der Waals surface area contributed by atoms with Gasteiger partial charge in [0.2, 0.25) is 0 Å². The van der Waals surface area contributed by atoms with Crippen LogP contribution in [0.2, 0.25) is 0 Å². The summed E-state index contributed by atoms with van der Waals surface area (Å²) in [5, 5.41) is 5.43. The van der Waals surface area contributed by atoms with Crippen molar-refractivity contribution in [1.29, 1.82) is 0 Å². The van der Waals surface area contributed by atoms with Crippen LogP contribution in [0.3, 0.4) is 0 Å². The van der Waals surface area contributed by atoms with Crippen molar-refractivity contribution in [1.82, 2.24) is 19.7 Å². The highest BCUT2D eigenvalue weighted by molar-refractivity contribution is 7.98. The molecule has 2 aromatic rings. The number of hydrogen-bond donors (Lipinski definition) is 0. The molecule has 21 heavy (non-hydrogen) atoms. The zero-order chi connectivity index (χ0) is 14.8. The lowest BCUT2D eigenvalue weighted by atomic mass is 9.81. The van der Waals surface area contributed by atoms with E-state index in [1.54, 1.807) is 11.8 Å². The third kappa shape index (κ3) is 2.98. The minimum absolute atomic E-state index is 0.385. The second kappa shape index (κ2) is 6.18. The minimum atomic E-state index is 0.385. The zero-order valence-corrected chi connectivity index (χ0v) is 13.7. The number of hydrogen-bond acceptors (Lipinski definition) is 4. The average molecular weight is 302 g/mol. The highest BCUT2D eigenvalue weighted by Gasteiger charge is 2.23. The second-order valence-electron chi connectivity index (χ2n) is 5.97. The van der Waals surface area contributed by atoms with Crippen LogP contribution < -0.4 is 0 Å². The average Bonchev–Trinajstić information content (AvgIpc) is 2.86. The predicted molar refractivity (Wildman–Crippen MR) is 86.5 cm³/mol. The summed E-state index contributed by atoms with van der Waals surface area (Å²) in [6.07, 6.45) is 11.0. The van der Waals surface area contributed by atoms with E-state index in [9.17, 15) is 0 Å². The molecular formula is C16H22N4S. The van der Waals surface area contributed by atoms with Crippen molar-refractivity contribution in [3.05, 3.63) is 24.2 Å². The smallest absolute Gasteiger partial charge is 0.187 e. The Bertz CT molecular complexity index is 616. The van der Waals surface area contributed by atoms with Gasteiger partial charge in [0, 0.05) is 23.5 Å². The van der Waals surface area contributed by atoms with Crippen molar-refractivity contribution in [3.63, 3.8) is 0 Å². The number of thioether (sulfide) groups is 1. The van der Waals surface area contributed by atoms with Crippen LogP contribution in [0.4, 0.5) is 0 Å². The first-order valence-electron chi connectivity index (χ1n) is 7.63. The molecule has 0 unspecified atom stereocenters. The van der Waals surface area contributed by atoms with Gasteiger partial charge in [-0.1, -0.05) is 31.0 Å². The normalized spacial score (nSPS) is 15.4. The van der Waals surface area contributed by atoms with Crippen molar-refractivity contribution in [2.45, 2.75) is 50.7 Å². The van der Waals surface area contributed by atoms with Crippen LogP contribution in [0, 0.1) is 5.92 Å². The Morgan fingerprint density at radius 2 is 2.19 bits per heavy atom.